The van der Waals surface area contributed by atoms with Crippen molar-refractivity contribution in [1.82, 2.24) is 9.55 Å². The number of fused-ring (bicyclic) bond motifs is 12. The zero-order valence-electron chi connectivity index (χ0n) is 21.6. The first kappa shape index (κ1) is 21.0. The molecule has 6 aromatic rings. The van der Waals surface area contributed by atoms with Crippen LogP contribution in [-0.4, -0.2) is 9.55 Å². The van der Waals surface area contributed by atoms with E-state index in [1.807, 2.05) is 12.4 Å². The molecule has 178 valence electrons. The highest BCUT2D eigenvalue weighted by Gasteiger charge is 2.48. The van der Waals surface area contributed by atoms with E-state index in [1.165, 1.54) is 66.3 Å². The van der Waals surface area contributed by atoms with Crippen LogP contribution in [0.3, 0.4) is 0 Å². The van der Waals surface area contributed by atoms with E-state index < -0.39 is 0 Å². The molecule has 0 spiro atoms. The Morgan fingerprint density at radius 3 is 1.81 bits per heavy atom. The molecule has 2 nitrogen and oxygen atoms in total. The van der Waals surface area contributed by atoms with Crippen molar-refractivity contribution in [2.75, 3.05) is 0 Å². The van der Waals surface area contributed by atoms with Crippen molar-refractivity contribution in [2.45, 2.75) is 38.5 Å². The summed E-state index contributed by atoms with van der Waals surface area (Å²) < 4.78 is 2.48. The van der Waals surface area contributed by atoms with E-state index >= 15 is 0 Å². The lowest BCUT2D eigenvalue weighted by atomic mass is 9.72. The molecule has 2 heterocycles. The van der Waals surface area contributed by atoms with Gasteiger partial charge in [0, 0.05) is 45.2 Å². The topological polar surface area (TPSA) is 17.8 Å². The lowest BCUT2D eigenvalue weighted by Gasteiger charge is -2.31. The lowest BCUT2D eigenvalue weighted by molar-refractivity contribution is 0.602. The van der Waals surface area contributed by atoms with Crippen molar-refractivity contribution in [3.05, 3.63) is 120 Å². The molecule has 0 unspecified atom stereocenters. The van der Waals surface area contributed by atoms with Gasteiger partial charge in [-0.3, -0.25) is 4.98 Å². The summed E-state index contributed by atoms with van der Waals surface area (Å²) in [5, 5.41) is 2.68. The van der Waals surface area contributed by atoms with Gasteiger partial charge in [0.2, 0.25) is 0 Å². The van der Waals surface area contributed by atoms with E-state index in [1.54, 1.807) is 0 Å². The molecule has 0 atom stereocenters. The third kappa shape index (κ3) is 2.39. The standard InChI is InChI=1S/C35H28N2/c1-34(2)25-14-8-5-11-22(25)28-29-24-13-7-10-16-27(24)37(21-17-19-36-20-18-21)33(29)30-23-12-6-9-15-26(23)35(3,4)32(30)31(28)34/h5-20H,1-4H3. The highest BCUT2D eigenvalue weighted by atomic mass is 15.0. The fourth-order valence-electron chi connectivity index (χ4n) is 7.53. The fourth-order valence-corrected chi connectivity index (χ4v) is 7.53. The number of nitrogens with zero attached hydrogens (tertiary/aromatic N) is 2. The molecule has 0 radical (unpaired) electrons. The van der Waals surface area contributed by atoms with E-state index in [2.05, 4.69) is 122 Å². The van der Waals surface area contributed by atoms with Crippen LogP contribution >= 0.6 is 0 Å². The van der Waals surface area contributed by atoms with Crippen LogP contribution in [0.5, 0.6) is 0 Å². The van der Waals surface area contributed by atoms with E-state index in [-0.39, 0.29) is 10.8 Å². The molecule has 2 aliphatic carbocycles. The second-order valence-corrected chi connectivity index (χ2v) is 11.6. The second-order valence-electron chi connectivity index (χ2n) is 11.6. The summed E-state index contributed by atoms with van der Waals surface area (Å²) in [7, 11) is 0. The maximum Gasteiger partial charge on any atom is 0.0629 e. The highest BCUT2D eigenvalue weighted by Crippen LogP contribution is 2.63. The van der Waals surface area contributed by atoms with Crippen molar-refractivity contribution in [3.8, 4) is 27.9 Å². The number of aromatic nitrogens is 2. The molecule has 0 aliphatic heterocycles. The predicted molar refractivity (Wildman–Crippen MR) is 154 cm³/mol. The predicted octanol–water partition coefficient (Wildman–Crippen LogP) is 8.79. The van der Waals surface area contributed by atoms with Gasteiger partial charge in [-0.15, -0.1) is 0 Å². The minimum Gasteiger partial charge on any atom is -0.308 e. The van der Waals surface area contributed by atoms with Gasteiger partial charge in [-0.05, 0) is 57.1 Å². The Labute approximate surface area is 217 Å². The lowest BCUT2D eigenvalue weighted by Crippen LogP contribution is -2.24. The zero-order chi connectivity index (χ0) is 25.1. The first-order valence-corrected chi connectivity index (χ1v) is 13.2. The molecule has 8 rings (SSSR count). The third-order valence-electron chi connectivity index (χ3n) is 9.02. The molecule has 4 aromatic carbocycles. The SMILES string of the molecule is CC1(C)c2ccccc2-c2c1c1c(c3c2c2ccccc2n3-c2ccncc2)-c2ccccc2C1(C)C. The smallest absolute Gasteiger partial charge is 0.0629 e. The van der Waals surface area contributed by atoms with Crippen molar-refractivity contribution in [3.63, 3.8) is 0 Å². The maximum atomic E-state index is 4.34. The molecule has 2 heteroatoms. The number of benzene rings is 4. The van der Waals surface area contributed by atoms with Gasteiger partial charge in [-0.1, -0.05) is 94.4 Å². The number of hydrogen-bond acceptors (Lipinski definition) is 1. The Kier molecular flexibility index (Phi) is 3.84. The molecule has 0 fully saturated rings. The van der Waals surface area contributed by atoms with Crippen LogP contribution in [0.25, 0.3) is 49.7 Å². The molecular formula is C35H28N2. The molecular weight excluding hydrogens is 448 g/mol. The van der Waals surface area contributed by atoms with Crippen LogP contribution in [0.1, 0.15) is 49.9 Å². The summed E-state index contributed by atoms with van der Waals surface area (Å²) in [6.45, 7) is 9.68. The second kappa shape index (κ2) is 6.77. The van der Waals surface area contributed by atoms with Gasteiger partial charge in [-0.25, -0.2) is 0 Å². The minimum atomic E-state index is -0.108. The van der Waals surface area contributed by atoms with E-state index in [9.17, 15) is 0 Å². The molecule has 0 N–H and O–H groups in total. The molecule has 0 saturated carbocycles. The van der Waals surface area contributed by atoms with Gasteiger partial charge in [0.15, 0.2) is 0 Å². The Balaban J connectivity index is 1.73. The average Bonchev–Trinajstić information content (AvgIpc) is 3.47. The summed E-state index contributed by atoms with van der Waals surface area (Å²) in [6, 6.07) is 31.3. The Morgan fingerprint density at radius 2 is 1.14 bits per heavy atom. The maximum absolute atomic E-state index is 4.34. The van der Waals surface area contributed by atoms with Crippen LogP contribution in [0, 0.1) is 0 Å². The van der Waals surface area contributed by atoms with Crippen LogP contribution in [0.15, 0.2) is 97.3 Å². The van der Waals surface area contributed by atoms with E-state index in [0.29, 0.717) is 0 Å². The van der Waals surface area contributed by atoms with Crippen LogP contribution in [0.4, 0.5) is 0 Å². The average molecular weight is 477 g/mol. The van der Waals surface area contributed by atoms with Gasteiger partial charge >= 0.3 is 0 Å². The van der Waals surface area contributed by atoms with Crippen molar-refractivity contribution < 1.29 is 0 Å². The summed E-state index contributed by atoms with van der Waals surface area (Å²) in [4.78, 5) is 4.34. The van der Waals surface area contributed by atoms with Gasteiger partial charge in [0.05, 0.1) is 11.0 Å². The van der Waals surface area contributed by atoms with Crippen LogP contribution < -0.4 is 0 Å². The molecule has 2 aromatic heterocycles. The summed E-state index contributed by atoms with van der Waals surface area (Å²) in [5.41, 5.74) is 14.9. The van der Waals surface area contributed by atoms with E-state index in [0.717, 1.165) is 5.69 Å². The molecule has 0 saturated heterocycles. The largest absolute Gasteiger partial charge is 0.308 e. The van der Waals surface area contributed by atoms with Crippen LogP contribution in [0.2, 0.25) is 0 Å². The molecule has 0 amide bonds. The number of pyridine rings is 1. The first-order chi connectivity index (χ1) is 17.9. The van der Waals surface area contributed by atoms with E-state index in [4.69, 9.17) is 0 Å². The third-order valence-corrected chi connectivity index (χ3v) is 9.02. The number of para-hydroxylation sites is 1. The van der Waals surface area contributed by atoms with Crippen molar-refractivity contribution in [1.29, 1.82) is 0 Å². The summed E-state index contributed by atoms with van der Waals surface area (Å²) >= 11 is 0. The Hall–Kier alpha value is -4.17. The minimum absolute atomic E-state index is 0.0939. The van der Waals surface area contributed by atoms with Gasteiger partial charge in [0.25, 0.3) is 0 Å². The molecule has 2 aliphatic rings. The summed E-state index contributed by atoms with van der Waals surface area (Å²) in [5.74, 6) is 0. The normalized spacial score (nSPS) is 16.0. The van der Waals surface area contributed by atoms with Gasteiger partial charge < -0.3 is 4.57 Å². The first-order valence-electron chi connectivity index (χ1n) is 13.2. The molecule has 37 heavy (non-hydrogen) atoms. The number of hydrogen-bond donors (Lipinski definition) is 0. The van der Waals surface area contributed by atoms with Crippen LogP contribution in [-0.2, 0) is 10.8 Å². The number of rotatable bonds is 1. The molecule has 0 bridgehead atoms. The Morgan fingerprint density at radius 1 is 0.595 bits per heavy atom. The van der Waals surface area contributed by atoms with Crippen molar-refractivity contribution in [2.24, 2.45) is 0 Å². The van der Waals surface area contributed by atoms with Crippen molar-refractivity contribution >= 4 is 21.8 Å². The fraction of sp³-hybridized carbons (Fsp3) is 0.171. The zero-order valence-corrected chi connectivity index (χ0v) is 21.6. The van der Waals surface area contributed by atoms with Gasteiger partial charge in [-0.2, -0.15) is 0 Å². The van der Waals surface area contributed by atoms with Gasteiger partial charge in [0.1, 0.15) is 0 Å². The quantitative estimate of drug-likeness (QED) is 0.232. The monoisotopic (exact) mass is 476 g/mol. The highest BCUT2D eigenvalue weighted by molar-refractivity contribution is 6.23. The Bertz CT molecular complexity index is 1920. The summed E-state index contributed by atoms with van der Waals surface area (Å²) in [6.07, 6.45) is 3.81.